The van der Waals surface area contributed by atoms with Crippen LogP contribution in [0.25, 0.3) is 0 Å². The van der Waals surface area contributed by atoms with Gasteiger partial charge in [0.1, 0.15) is 0 Å². The molecule has 124 valence electrons. The van der Waals surface area contributed by atoms with Crippen LogP contribution in [0.1, 0.15) is 0 Å². The fourth-order valence-corrected chi connectivity index (χ4v) is 2.35. The zero-order valence-corrected chi connectivity index (χ0v) is 14.4. The summed E-state index contributed by atoms with van der Waals surface area (Å²) in [5.74, 6) is 0. The summed E-state index contributed by atoms with van der Waals surface area (Å²) in [5, 5.41) is 1.15. The van der Waals surface area contributed by atoms with E-state index in [1.54, 1.807) is 18.2 Å². The minimum Gasteiger partial charge on any atom is -0.397 e. The van der Waals surface area contributed by atoms with E-state index in [0.717, 1.165) is 12.1 Å². The van der Waals surface area contributed by atoms with Crippen molar-refractivity contribution >= 4 is 55.2 Å². The van der Waals surface area contributed by atoms with Gasteiger partial charge in [-0.15, -0.1) is 4.36 Å². The first-order valence-corrected chi connectivity index (χ1v) is 8.91. The lowest BCUT2D eigenvalue weighted by molar-refractivity contribution is 0.483. The van der Waals surface area contributed by atoms with Crippen LogP contribution >= 0.6 is 23.2 Å². The molecule has 11 heteroatoms. The first-order chi connectivity index (χ1) is 10.6. The molecule has 0 atom stereocenters. The summed E-state index contributed by atoms with van der Waals surface area (Å²) >= 11 is 11.2. The molecule has 0 spiro atoms. The van der Waals surface area contributed by atoms with E-state index >= 15 is 0 Å². The van der Waals surface area contributed by atoms with Gasteiger partial charge in [-0.25, -0.2) is 0 Å². The van der Waals surface area contributed by atoms with Crippen LogP contribution in [0.5, 0.6) is 0 Å². The molecule has 2 aromatic carbocycles. The molecule has 7 nitrogen and oxygen atoms in total. The maximum Gasteiger partial charge on any atom is 0.316 e. The van der Waals surface area contributed by atoms with Gasteiger partial charge in [-0.1, -0.05) is 23.2 Å². The molecule has 0 radical (unpaired) electrons. The van der Waals surface area contributed by atoms with Crippen LogP contribution in [0, 0.1) is 0 Å². The summed E-state index contributed by atoms with van der Waals surface area (Å²) in [5.41, 5.74) is 6.01. The van der Waals surface area contributed by atoms with Crippen molar-refractivity contribution in [3.05, 3.63) is 52.5 Å². The summed E-state index contributed by atoms with van der Waals surface area (Å²) in [4.78, 5) is -0.312. The largest absolute Gasteiger partial charge is 0.397 e. The van der Waals surface area contributed by atoms with Crippen molar-refractivity contribution in [3.63, 3.8) is 0 Å². The van der Waals surface area contributed by atoms with Crippen LogP contribution in [0.4, 0.5) is 11.4 Å². The molecule has 3 N–H and O–H groups in total. The highest BCUT2D eigenvalue weighted by atomic mass is 35.5. The molecule has 2 rings (SSSR count). The van der Waals surface area contributed by atoms with Crippen molar-refractivity contribution in [2.24, 2.45) is 4.36 Å². The zero-order valence-electron chi connectivity index (χ0n) is 11.2. The van der Waals surface area contributed by atoms with E-state index in [-0.39, 0.29) is 10.6 Å². The standard InChI is InChI=1S/C6H5Cl2N.C6H5NO5S2/c7-4-1-2-5(8)6(9)3-4;8-13(9)7-5-1-3-6(4-2-5)14(10,11)12/h1-3H,9H2;1-4H,(H,10,11,12). The Morgan fingerprint density at radius 2 is 1.61 bits per heavy atom. The number of hydrogen-bond acceptors (Lipinski definition) is 6. The van der Waals surface area contributed by atoms with E-state index in [2.05, 4.69) is 4.36 Å². The Morgan fingerprint density at radius 1 is 1.04 bits per heavy atom. The molecule has 0 saturated carbocycles. The molecule has 0 bridgehead atoms. The number of halogens is 2. The Labute approximate surface area is 144 Å². The predicted molar refractivity (Wildman–Crippen MR) is 88.1 cm³/mol. The zero-order chi connectivity index (χ0) is 17.6. The fraction of sp³-hybridized carbons (Fsp3) is 0. The summed E-state index contributed by atoms with van der Waals surface area (Å²) in [6.07, 6.45) is 0. The molecular weight excluding hydrogens is 387 g/mol. The maximum absolute atomic E-state index is 10.6. The molecule has 0 fully saturated rings. The van der Waals surface area contributed by atoms with Crippen molar-refractivity contribution in [2.45, 2.75) is 4.90 Å². The van der Waals surface area contributed by atoms with Gasteiger partial charge in [-0.3, -0.25) is 4.55 Å². The van der Waals surface area contributed by atoms with Crippen molar-refractivity contribution in [1.82, 2.24) is 0 Å². The van der Waals surface area contributed by atoms with Crippen molar-refractivity contribution in [1.29, 1.82) is 0 Å². The normalized spacial score (nSPS) is 10.4. The summed E-state index contributed by atoms with van der Waals surface area (Å²) in [6.45, 7) is 0. The lowest BCUT2D eigenvalue weighted by Gasteiger charge is -1.95. The van der Waals surface area contributed by atoms with E-state index in [1.165, 1.54) is 12.1 Å². The Kier molecular flexibility index (Phi) is 6.98. The lowest BCUT2D eigenvalue weighted by Crippen LogP contribution is -1.96. The average molecular weight is 397 g/mol. The Bertz CT molecular complexity index is 918. The van der Waals surface area contributed by atoms with Gasteiger partial charge in [0.05, 0.1) is 21.3 Å². The van der Waals surface area contributed by atoms with Crippen molar-refractivity contribution in [2.75, 3.05) is 5.73 Å². The van der Waals surface area contributed by atoms with Crippen LogP contribution in [-0.2, 0) is 20.6 Å². The van der Waals surface area contributed by atoms with Crippen LogP contribution in [0.3, 0.4) is 0 Å². The number of nitrogen functional groups attached to an aromatic ring is 1. The quantitative estimate of drug-likeness (QED) is 0.592. The van der Waals surface area contributed by atoms with Crippen LogP contribution in [0.2, 0.25) is 10.0 Å². The number of nitrogens with two attached hydrogens (primary N) is 1. The van der Waals surface area contributed by atoms with Crippen LogP contribution < -0.4 is 5.73 Å². The summed E-state index contributed by atoms with van der Waals surface area (Å²) < 4.78 is 53.1. The van der Waals surface area contributed by atoms with Gasteiger partial charge in [-0.05, 0) is 42.5 Å². The molecule has 0 aliphatic heterocycles. The number of nitrogens with zero attached hydrogens (tertiary/aromatic N) is 1. The topological polar surface area (TPSA) is 127 Å². The molecule has 0 saturated heterocycles. The summed E-state index contributed by atoms with van der Waals surface area (Å²) in [6, 6.07) is 9.42. The van der Waals surface area contributed by atoms with Gasteiger partial charge in [0.2, 0.25) is 0 Å². The molecule has 2 aromatic rings. The van der Waals surface area contributed by atoms with E-state index in [9.17, 15) is 16.8 Å². The van der Waals surface area contributed by atoms with E-state index in [0.29, 0.717) is 15.7 Å². The minimum absolute atomic E-state index is 0.0886. The average Bonchev–Trinajstić information content (AvgIpc) is 2.43. The molecule has 0 aromatic heterocycles. The Balaban J connectivity index is 0.000000253. The number of anilines is 1. The monoisotopic (exact) mass is 396 g/mol. The second-order valence-electron chi connectivity index (χ2n) is 3.94. The third kappa shape index (κ3) is 6.97. The van der Waals surface area contributed by atoms with E-state index in [4.69, 9.17) is 33.5 Å². The number of hydrogen-bond donors (Lipinski definition) is 2. The predicted octanol–water partition coefficient (Wildman–Crippen LogP) is 3.20. The van der Waals surface area contributed by atoms with Gasteiger partial charge < -0.3 is 5.73 Å². The summed E-state index contributed by atoms with van der Waals surface area (Å²) in [7, 11) is -6.82. The number of rotatable bonds is 2. The molecule has 0 heterocycles. The smallest absolute Gasteiger partial charge is 0.316 e. The third-order valence-electron chi connectivity index (χ3n) is 2.27. The molecule has 0 unspecified atom stereocenters. The second kappa shape index (κ2) is 8.27. The van der Waals surface area contributed by atoms with Gasteiger partial charge in [0, 0.05) is 5.02 Å². The first-order valence-electron chi connectivity index (χ1n) is 5.69. The minimum atomic E-state index is -4.24. The van der Waals surface area contributed by atoms with E-state index in [1.807, 2.05) is 0 Å². The van der Waals surface area contributed by atoms with Crippen LogP contribution in [-0.4, -0.2) is 21.4 Å². The third-order valence-corrected chi connectivity index (χ3v) is 4.08. The highest BCUT2D eigenvalue weighted by Gasteiger charge is 2.07. The highest BCUT2D eigenvalue weighted by molar-refractivity contribution is 7.85. The van der Waals surface area contributed by atoms with Crippen molar-refractivity contribution < 1.29 is 21.4 Å². The lowest BCUT2D eigenvalue weighted by atomic mass is 10.3. The Morgan fingerprint density at radius 3 is 2.00 bits per heavy atom. The van der Waals surface area contributed by atoms with Gasteiger partial charge in [0.25, 0.3) is 10.1 Å². The fourth-order valence-electron chi connectivity index (χ4n) is 1.28. The first kappa shape index (κ1) is 19.4. The maximum atomic E-state index is 10.6. The molecule has 0 aliphatic carbocycles. The van der Waals surface area contributed by atoms with Crippen molar-refractivity contribution in [3.8, 4) is 0 Å². The molecular formula is C12H10Cl2N2O5S2. The van der Waals surface area contributed by atoms with E-state index < -0.39 is 20.6 Å². The molecule has 23 heavy (non-hydrogen) atoms. The van der Waals surface area contributed by atoms with Gasteiger partial charge in [-0.2, -0.15) is 16.8 Å². The molecule has 0 aliphatic rings. The van der Waals surface area contributed by atoms with Crippen LogP contribution in [0.15, 0.2) is 51.7 Å². The van der Waals surface area contributed by atoms with Gasteiger partial charge >= 0.3 is 10.5 Å². The molecule has 0 amide bonds. The van der Waals surface area contributed by atoms with Gasteiger partial charge in [0.15, 0.2) is 0 Å². The number of benzene rings is 2. The Hall–Kier alpha value is -1.65. The highest BCUT2D eigenvalue weighted by Crippen LogP contribution is 2.21. The SMILES string of the molecule is Nc1cc(Cl)ccc1Cl.O=S(=O)=Nc1ccc(S(=O)(=O)O)cc1. The second-order valence-corrected chi connectivity index (χ2v) is 6.83.